The van der Waals surface area contributed by atoms with Crippen molar-refractivity contribution in [2.45, 2.75) is 13.5 Å². The predicted molar refractivity (Wildman–Crippen MR) is 96.2 cm³/mol. The van der Waals surface area contributed by atoms with Gasteiger partial charge in [-0.15, -0.1) is 0 Å². The Morgan fingerprint density at radius 3 is 2.48 bits per heavy atom. The second-order valence-corrected chi connectivity index (χ2v) is 6.05. The van der Waals surface area contributed by atoms with E-state index in [1.54, 1.807) is 12.1 Å². The molecule has 0 bridgehead atoms. The Morgan fingerprint density at radius 1 is 1.08 bits per heavy atom. The molecule has 0 spiro atoms. The summed E-state index contributed by atoms with van der Waals surface area (Å²) in [5, 5.41) is 6.62. The number of ether oxygens (including phenoxy) is 1. The van der Waals surface area contributed by atoms with Crippen LogP contribution in [0.2, 0.25) is 0 Å². The van der Waals surface area contributed by atoms with Gasteiger partial charge >= 0.3 is 0 Å². The number of benzene rings is 1. The molecule has 0 aliphatic carbocycles. The summed E-state index contributed by atoms with van der Waals surface area (Å²) < 4.78 is 18.3. The van der Waals surface area contributed by atoms with Gasteiger partial charge in [0.15, 0.2) is 0 Å². The summed E-state index contributed by atoms with van der Waals surface area (Å²) >= 11 is 0. The minimum atomic E-state index is -0.228. The van der Waals surface area contributed by atoms with E-state index in [0.717, 1.165) is 56.6 Å². The van der Waals surface area contributed by atoms with E-state index < -0.39 is 0 Å². The van der Waals surface area contributed by atoms with Crippen LogP contribution in [0.4, 0.5) is 16.0 Å². The maximum absolute atomic E-state index is 12.9. The minimum absolute atomic E-state index is 0.228. The number of hydrogen-bond donors (Lipinski definition) is 2. The van der Waals surface area contributed by atoms with Crippen LogP contribution in [-0.2, 0) is 11.3 Å². The number of hydrogen-bond acceptors (Lipinski definition) is 6. The standard InChI is InChI=1S/C18H24FN5O/c1-14-22-17(20-6-7-24-8-10-25-11-9-24)12-18(23-14)21-13-15-2-4-16(19)5-3-15/h2-5,12H,6-11,13H2,1H3,(H2,20,21,22,23). The van der Waals surface area contributed by atoms with Gasteiger partial charge in [-0.1, -0.05) is 12.1 Å². The van der Waals surface area contributed by atoms with Crippen molar-refractivity contribution in [1.82, 2.24) is 14.9 Å². The molecule has 0 radical (unpaired) electrons. The van der Waals surface area contributed by atoms with Crippen LogP contribution in [0, 0.1) is 12.7 Å². The fourth-order valence-corrected chi connectivity index (χ4v) is 2.71. The Labute approximate surface area is 147 Å². The van der Waals surface area contributed by atoms with E-state index in [1.165, 1.54) is 12.1 Å². The third-order valence-corrected chi connectivity index (χ3v) is 4.06. The maximum atomic E-state index is 12.9. The Hall–Kier alpha value is -2.25. The van der Waals surface area contributed by atoms with Crippen molar-refractivity contribution < 1.29 is 9.13 Å². The Kier molecular flexibility index (Phi) is 6.14. The number of anilines is 2. The Morgan fingerprint density at radius 2 is 1.76 bits per heavy atom. The van der Waals surface area contributed by atoms with Crippen molar-refractivity contribution >= 4 is 11.6 Å². The van der Waals surface area contributed by atoms with Gasteiger partial charge in [-0.05, 0) is 24.6 Å². The van der Waals surface area contributed by atoms with Crippen molar-refractivity contribution in [1.29, 1.82) is 0 Å². The van der Waals surface area contributed by atoms with Crippen LogP contribution in [0.1, 0.15) is 11.4 Å². The van der Waals surface area contributed by atoms with Crippen LogP contribution >= 0.6 is 0 Å². The molecule has 1 aromatic heterocycles. The Bertz CT molecular complexity index is 674. The second kappa shape index (κ2) is 8.73. The number of aromatic nitrogens is 2. The van der Waals surface area contributed by atoms with Crippen molar-refractivity contribution in [2.75, 3.05) is 50.0 Å². The number of nitrogens with zero attached hydrogens (tertiary/aromatic N) is 3. The smallest absolute Gasteiger partial charge is 0.132 e. The quantitative estimate of drug-likeness (QED) is 0.803. The van der Waals surface area contributed by atoms with Crippen LogP contribution in [0.5, 0.6) is 0 Å². The van der Waals surface area contributed by atoms with Crippen LogP contribution < -0.4 is 10.6 Å². The summed E-state index contributed by atoms with van der Waals surface area (Å²) in [4.78, 5) is 11.2. The SMILES string of the molecule is Cc1nc(NCCN2CCOCC2)cc(NCc2ccc(F)cc2)n1. The highest BCUT2D eigenvalue weighted by Gasteiger charge is 2.09. The molecule has 6 nitrogen and oxygen atoms in total. The highest BCUT2D eigenvalue weighted by molar-refractivity contribution is 5.47. The zero-order valence-electron chi connectivity index (χ0n) is 14.5. The monoisotopic (exact) mass is 345 g/mol. The molecule has 25 heavy (non-hydrogen) atoms. The van der Waals surface area contributed by atoms with Crippen LogP contribution in [0.25, 0.3) is 0 Å². The molecule has 134 valence electrons. The maximum Gasteiger partial charge on any atom is 0.132 e. The van der Waals surface area contributed by atoms with Gasteiger partial charge in [-0.25, -0.2) is 14.4 Å². The van der Waals surface area contributed by atoms with Crippen molar-refractivity contribution in [2.24, 2.45) is 0 Å². The first-order valence-electron chi connectivity index (χ1n) is 8.57. The van der Waals surface area contributed by atoms with E-state index in [2.05, 4.69) is 25.5 Å². The molecule has 2 aromatic rings. The zero-order valence-corrected chi connectivity index (χ0v) is 14.5. The molecule has 0 saturated carbocycles. The molecular formula is C18H24FN5O. The van der Waals surface area contributed by atoms with E-state index in [4.69, 9.17) is 4.74 Å². The van der Waals surface area contributed by atoms with E-state index in [0.29, 0.717) is 12.4 Å². The average Bonchev–Trinajstić information content (AvgIpc) is 2.62. The topological polar surface area (TPSA) is 62.3 Å². The molecular weight excluding hydrogens is 321 g/mol. The molecule has 1 aliphatic rings. The molecule has 0 unspecified atom stereocenters. The summed E-state index contributed by atoms with van der Waals surface area (Å²) in [5.41, 5.74) is 1.000. The molecule has 2 N–H and O–H groups in total. The molecule has 0 amide bonds. The summed E-state index contributed by atoms with van der Waals surface area (Å²) in [6, 6.07) is 8.34. The predicted octanol–water partition coefficient (Wildman–Crippen LogP) is 2.28. The fourth-order valence-electron chi connectivity index (χ4n) is 2.71. The van der Waals surface area contributed by atoms with Crippen LogP contribution in [0.3, 0.4) is 0 Å². The lowest BCUT2D eigenvalue weighted by atomic mass is 10.2. The number of morpholine rings is 1. The van der Waals surface area contributed by atoms with Crippen LogP contribution in [-0.4, -0.2) is 54.3 Å². The summed E-state index contributed by atoms with van der Waals surface area (Å²) in [5.74, 6) is 2.04. The first-order chi connectivity index (χ1) is 12.2. The summed E-state index contributed by atoms with van der Waals surface area (Å²) in [6.07, 6.45) is 0. The van der Waals surface area contributed by atoms with Gasteiger partial charge in [0.1, 0.15) is 23.3 Å². The van der Waals surface area contributed by atoms with Gasteiger partial charge in [0.05, 0.1) is 13.2 Å². The van der Waals surface area contributed by atoms with Gasteiger partial charge in [-0.2, -0.15) is 0 Å². The fraction of sp³-hybridized carbons (Fsp3) is 0.444. The Balaban J connectivity index is 1.51. The third-order valence-electron chi connectivity index (χ3n) is 4.06. The molecule has 1 aromatic carbocycles. The van der Waals surface area contributed by atoms with Gasteiger partial charge < -0.3 is 15.4 Å². The molecule has 2 heterocycles. The van der Waals surface area contributed by atoms with E-state index >= 15 is 0 Å². The van der Waals surface area contributed by atoms with Gasteiger partial charge in [-0.3, -0.25) is 4.90 Å². The highest BCUT2D eigenvalue weighted by atomic mass is 19.1. The van der Waals surface area contributed by atoms with E-state index in [1.807, 2.05) is 13.0 Å². The van der Waals surface area contributed by atoms with E-state index in [9.17, 15) is 4.39 Å². The zero-order chi connectivity index (χ0) is 17.5. The van der Waals surface area contributed by atoms with Crippen molar-refractivity contribution in [3.63, 3.8) is 0 Å². The highest BCUT2D eigenvalue weighted by Crippen LogP contribution is 2.13. The number of halogens is 1. The number of aryl methyl sites for hydroxylation is 1. The molecule has 1 fully saturated rings. The first kappa shape index (κ1) is 17.6. The molecule has 3 rings (SSSR count). The van der Waals surface area contributed by atoms with Gasteiger partial charge in [0, 0.05) is 38.8 Å². The molecule has 0 atom stereocenters. The second-order valence-electron chi connectivity index (χ2n) is 6.05. The first-order valence-corrected chi connectivity index (χ1v) is 8.57. The normalized spacial score (nSPS) is 15.1. The number of rotatable bonds is 7. The summed E-state index contributed by atoms with van der Waals surface area (Å²) in [6.45, 7) is 7.83. The lowest BCUT2D eigenvalue weighted by molar-refractivity contribution is 0.0398. The van der Waals surface area contributed by atoms with Crippen LogP contribution in [0.15, 0.2) is 30.3 Å². The number of nitrogens with one attached hydrogen (secondary N) is 2. The lowest BCUT2D eigenvalue weighted by Gasteiger charge is -2.26. The van der Waals surface area contributed by atoms with E-state index in [-0.39, 0.29) is 5.82 Å². The minimum Gasteiger partial charge on any atom is -0.379 e. The van der Waals surface area contributed by atoms with Gasteiger partial charge in [0.25, 0.3) is 0 Å². The largest absolute Gasteiger partial charge is 0.379 e. The average molecular weight is 345 g/mol. The molecule has 1 saturated heterocycles. The lowest BCUT2D eigenvalue weighted by Crippen LogP contribution is -2.39. The van der Waals surface area contributed by atoms with Crippen molar-refractivity contribution in [3.8, 4) is 0 Å². The van der Waals surface area contributed by atoms with Crippen molar-refractivity contribution in [3.05, 3.63) is 47.5 Å². The molecule has 7 heteroatoms. The summed E-state index contributed by atoms with van der Waals surface area (Å²) in [7, 11) is 0. The third kappa shape index (κ3) is 5.65. The van der Waals surface area contributed by atoms with Gasteiger partial charge in [0.2, 0.25) is 0 Å². The molecule has 1 aliphatic heterocycles.